The fourth-order valence-corrected chi connectivity index (χ4v) is 3.08. The highest BCUT2D eigenvalue weighted by atomic mass is 32.2. The summed E-state index contributed by atoms with van der Waals surface area (Å²) in [4.78, 5) is 31.6. The van der Waals surface area contributed by atoms with Crippen molar-refractivity contribution in [2.75, 3.05) is 5.75 Å². The average molecular weight is 347 g/mol. The molecule has 0 saturated carbocycles. The molecule has 0 fully saturated rings. The van der Waals surface area contributed by atoms with E-state index in [9.17, 15) is 30.2 Å². The average Bonchev–Trinajstić information content (AvgIpc) is 2.85. The van der Waals surface area contributed by atoms with E-state index in [-0.39, 0.29) is 16.0 Å². The van der Waals surface area contributed by atoms with Gasteiger partial charge in [0.2, 0.25) is 5.71 Å². The van der Waals surface area contributed by atoms with Gasteiger partial charge in [-0.05, 0) is 4.91 Å². The predicted octanol–water partition coefficient (Wildman–Crippen LogP) is -1.21. The number of nitrogens with zero attached hydrogens (tertiary/aromatic N) is 3. The summed E-state index contributed by atoms with van der Waals surface area (Å²) in [7, 11) is 0. The molecule has 0 radical (unpaired) electrons. The van der Waals surface area contributed by atoms with Crippen LogP contribution in [0.4, 0.5) is 0 Å². The van der Waals surface area contributed by atoms with Gasteiger partial charge in [0.15, 0.2) is 9.85 Å². The number of nitrogens with two attached hydrogens (primary N) is 1. The number of rotatable bonds is 5. The van der Waals surface area contributed by atoms with Crippen LogP contribution in [-0.4, -0.2) is 43.6 Å². The van der Waals surface area contributed by atoms with E-state index in [1.807, 2.05) is 5.16 Å². The van der Waals surface area contributed by atoms with Gasteiger partial charge in [0, 0.05) is 5.75 Å². The molecule has 2 atom stereocenters. The van der Waals surface area contributed by atoms with Gasteiger partial charge in [-0.15, -0.1) is 11.8 Å². The quantitative estimate of drug-likeness (QED) is 0.328. The molecule has 0 saturated heterocycles. The maximum atomic E-state index is 11.7. The second-order valence-electron chi connectivity index (χ2n) is 4.34. The highest BCUT2D eigenvalue weighted by molar-refractivity contribution is 8.00. The number of carbonyl (C=O) groups is 1. The maximum Gasteiger partial charge on any atom is 0.329 e. The van der Waals surface area contributed by atoms with E-state index in [0.717, 1.165) is 0 Å². The first-order valence-electron chi connectivity index (χ1n) is 5.86. The standard InChI is InChI=1S/C9H9N5O8S/c10-3(9(15)16)2-23-8-5(13(19)20)1-4(12(17)18)6-7(8)14(21)22-11-6/h1,3,8H,2,10H2,(H2-,11,15,16,19,20,21)/t3-,8+/m0/s1. The summed E-state index contributed by atoms with van der Waals surface area (Å²) in [6, 6.07) is -1.33. The smallest absolute Gasteiger partial charge is 0.329 e. The summed E-state index contributed by atoms with van der Waals surface area (Å²) in [5, 5.41) is 42.8. The first kappa shape index (κ1) is 16.5. The van der Waals surface area contributed by atoms with Crippen molar-refractivity contribution in [1.29, 1.82) is 0 Å². The van der Waals surface area contributed by atoms with Crippen LogP contribution in [0.2, 0.25) is 0 Å². The van der Waals surface area contributed by atoms with Gasteiger partial charge in [0.25, 0.3) is 11.4 Å². The lowest BCUT2D eigenvalue weighted by atomic mass is 10.0. The number of carboxylic acids is 1. The molecule has 124 valence electrons. The fourth-order valence-electron chi connectivity index (χ4n) is 1.85. The van der Waals surface area contributed by atoms with E-state index in [4.69, 9.17) is 10.8 Å². The van der Waals surface area contributed by atoms with Crippen molar-refractivity contribution in [3.63, 3.8) is 0 Å². The predicted molar refractivity (Wildman–Crippen MR) is 74.2 cm³/mol. The Hall–Kier alpha value is -2.87. The topological polar surface area (TPSA) is 207 Å². The number of aromatic nitrogens is 2. The second kappa shape index (κ2) is 6.09. The molecular formula is C9H9N5O8S. The first-order valence-corrected chi connectivity index (χ1v) is 6.91. The highest BCUT2D eigenvalue weighted by Gasteiger charge is 2.47. The van der Waals surface area contributed by atoms with Gasteiger partial charge in [-0.1, -0.05) is 9.79 Å². The normalized spacial score (nSPS) is 18.0. The van der Waals surface area contributed by atoms with Crippen LogP contribution in [0.25, 0.3) is 5.70 Å². The number of fused-ring (bicyclic) bond motifs is 1. The molecule has 1 aliphatic rings. The number of nitrogens with one attached hydrogen (secondary N) is 1. The van der Waals surface area contributed by atoms with Crippen molar-refractivity contribution in [3.05, 3.63) is 42.9 Å². The van der Waals surface area contributed by atoms with Gasteiger partial charge < -0.3 is 21.3 Å². The lowest BCUT2D eigenvalue weighted by Gasteiger charge is -2.17. The van der Waals surface area contributed by atoms with E-state index in [2.05, 4.69) is 4.63 Å². The van der Waals surface area contributed by atoms with Crippen LogP contribution in [0.3, 0.4) is 0 Å². The molecule has 1 heterocycles. The van der Waals surface area contributed by atoms with E-state index < -0.39 is 44.2 Å². The summed E-state index contributed by atoms with van der Waals surface area (Å²) < 4.78 is 4.28. The summed E-state index contributed by atoms with van der Waals surface area (Å²) in [5.41, 5.74) is 3.26. The minimum absolute atomic E-state index is 0.126. The zero-order valence-corrected chi connectivity index (χ0v) is 11.9. The molecule has 4 N–H and O–H groups in total. The monoisotopic (exact) mass is 347 g/mol. The van der Waals surface area contributed by atoms with Gasteiger partial charge in [0.05, 0.1) is 11.0 Å². The molecule has 1 aliphatic carbocycles. The minimum Gasteiger partial charge on any atom is -0.612 e. The van der Waals surface area contributed by atoms with Gasteiger partial charge in [-0.2, -0.15) is 4.90 Å². The molecule has 0 bridgehead atoms. The number of hydrogen-bond acceptors (Lipinski definition) is 9. The zero-order valence-electron chi connectivity index (χ0n) is 11.1. The third kappa shape index (κ3) is 3.02. The van der Waals surface area contributed by atoms with Gasteiger partial charge >= 0.3 is 11.7 Å². The third-order valence-corrected chi connectivity index (χ3v) is 4.26. The van der Waals surface area contributed by atoms with Crippen molar-refractivity contribution in [2.24, 2.45) is 5.73 Å². The number of hydrogen-bond donors (Lipinski definition) is 3. The van der Waals surface area contributed by atoms with E-state index in [1.54, 1.807) is 0 Å². The zero-order chi connectivity index (χ0) is 17.3. The Morgan fingerprint density at radius 3 is 2.74 bits per heavy atom. The molecule has 13 nitrogen and oxygen atoms in total. The van der Waals surface area contributed by atoms with Crippen molar-refractivity contribution in [1.82, 2.24) is 5.16 Å². The summed E-state index contributed by atoms with van der Waals surface area (Å²) in [6.45, 7) is 0. The molecule has 2 rings (SSSR count). The molecule has 1 aromatic rings. The molecule has 23 heavy (non-hydrogen) atoms. The van der Waals surface area contributed by atoms with E-state index >= 15 is 0 Å². The third-order valence-electron chi connectivity index (χ3n) is 2.91. The Morgan fingerprint density at radius 1 is 1.57 bits per heavy atom. The molecule has 14 heteroatoms. The fraction of sp³-hybridized carbons (Fsp3) is 0.333. The van der Waals surface area contributed by atoms with Crippen LogP contribution in [0.15, 0.2) is 10.7 Å². The van der Waals surface area contributed by atoms with Crippen molar-refractivity contribution < 1.29 is 29.0 Å². The molecule has 1 aromatic heterocycles. The maximum absolute atomic E-state index is 11.7. The number of aromatic amines is 1. The van der Waals surface area contributed by atoms with Crippen LogP contribution >= 0.6 is 11.8 Å². The van der Waals surface area contributed by atoms with Crippen LogP contribution in [0.1, 0.15) is 16.6 Å². The van der Waals surface area contributed by atoms with Crippen LogP contribution in [0.5, 0.6) is 0 Å². The van der Waals surface area contributed by atoms with Crippen LogP contribution in [-0.2, 0) is 4.79 Å². The Morgan fingerprint density at radius 2 is 2.22 bits per heavy atom. The minimum atomic E-state index is -1.33. The molecule has 0 amide bonds. The molecular weight excluding hydrogens is 338 g/mol. The lowest BCUT2D eigenvalue weighted by Crippen LogP contribution is -2.35. The van der Waals surface area contributed by atoms with Crippen LogP contribution < -0.4 is 10.3 Å². The van der Waals surface area contributed by atoms with Crippen molar-refractivity contribution >= 4 is 29.1 Å². The lowest BCUT2D eigenvalue weighted by molar-refractivity contribution is -0.718. The number of nitro groups is 1. The molecule has 0 spiro atoms. The Bertz CT molecular complexity index is 775. The Labute approximate surface area is 129 Å². The Balaban J connectivity index is 2.50. The highest BCUT2D eigenvalue weighted by Crippen LogP contribution is 2.37. The number of carboxylic acid groups (broad SMARTS) is 1. The molecule has 0 aromatic carbocycles. The SMILES string of the molecule is N[C@@H](CS[C@@H]1C(=[N+]([O-])[O-])C=C([N+](=O)[O-])c2[nH]o[n+](=O)c21)C(=O)O. The van der Waals surface area contributed by atoms with Crippen molar-refractivity contribution in [3.8, 4) is 0 Å². The number of allylic oxidation sites excluding steroid dienone is 1. The molecule has 0 aliphatic heterocycles. The number of aliphatic carboxylic acids is 1. The van der Waals surface area contributed by atoms with Crippen molar-refractivity contribution in [2.45, 2.75) is 11.3 Å². The van der Waals surface area contributed by atoms with Crippen LogP contribution in [0, 0.1) is 25.4 Å². The molecule has 0 unspecified atom stereocenters. The number of thioether (sulfide) groups is 1. The first-order chi connectivity index (χ1) is 10.7. The van der Waals surface area contributed by atoms with Gasteiger partial charge in [-0.25, -0.2) is 0 Å². The second-order valence-corrected chi connectivity index (χ2v) is 5.48. The summed E-state index contributed by atoms with van der Waals surface area (Å²) in [6.07, 6.45) is 0.693. The van der Waals surface area contributed by atoms with E-state index in [0.29, 0.717) is 17.8 Å². The number of H-pyrrole nitrogens is 1. The van der Waals surface area contributed by atoms with Gasteiger partial charge in [-0.3, -0.25) is 14.9 Å². The summed E-state index contributed by atoms with van der Waals surface area (Å²) >= 11 is 0.693. The van der Waals surface area contributed by atoms with Gasteiger partial charge in [0.1, 0.15) is 6.04 Å². The summed E-state index contributed by atoms with van der Waals surface area (Å²) in [5.74, 6) is -1.59. The Kier molecular flexibility index (Phi) is 4.37. The largest absolute Gasteiger partial charge is 0.612 e. The van der Waals surface area contributed by atoms with E-state index in [1.165, 1.54) is 0 Å².